The van der Waals surface area contributed by atoms with Crippen LogP contribution < -0.4 is 20.0 Å². The summed E-state index contributed by atoms with van der Waals surface area (Å²) in [6.07, 6.45) is 7.90. The Kier molecular flexibility index (Phi) is 5.65. The smallest absolute Gasteiger partial charge is 0.363 e. The maximum Gasteiger partial charge on any atom is 0.363 e. The number of nitro groups is 1. The van der Waals surface area contributed by atoms with Gasteiger partial charge in [-0.05, 0) is 59.2 Å². The van der Waals surface area contributed by atoms with Gasteiger partial charge in [0.2, 0.25) is 5.91 Å². The molecule has 3 amide bonds. The molecule has 3 fully saturated rings. The third kappa shape index (κ3) is 4.21. The fourth-order valence-electron chi connectivity index (χ4n) is 5.85. The summed E-state index contributed by atoms with van der Waals surface area (Å²) in [6, 6.07) is 8.85. The van der Waals surface area contributed by atoms with Crippen molar-refractivity contribution in [2.24, 2.45) is 5.41 Å². The Hall–Kier alpha value is -4.22. The summed E-state index contributed by atoms with van der Waals surface area (Å²) < 4.78 is 1.89. The first-order valence-electron chi connectivity index (χ1n) is 12.6. The second-order valence-corrected chi connectivity index (χ2v) is 10.1. The Morgan fingerprint density at radius 2 is 1.65 bits per heavy atom. The minimum absolute atomic E-state index is 0.127. The molecule has 12 heteroatoms. The number of nitrogens with one attached hydrogen (secondary N) is 1. The third-order valence-corrected chi connectivity index (χ3v) is 8.10. The molecule has 1 spiro atoms. The van der Waals surface area contributed by atoms with Gasteiger partial charge in [-0.3, -0.25) is 15.0 Å². The van der Waals surface area contributed by atoms with Gasteiger partial charge >= 0.3 is 11.8 Å². The Morgan fingerprint density at radius 3 is 2.30 bits per heavy atom. The highest BCUT2D eigenvalue weighted by Gasteiger charge is 2.38. The highest BCUT2D eigenvalue weighted by atomic mass is 16.6. The molecule has 1 N–H and O–H groups in total. The number of carbonyl (C=O) groups is 2. The number of fused-ring (bicyclic) bond motifs is 1. The molecule has 3 aliphatic rings. The number of hydrogen-bond donors (Lipinski definition) is 1. The summed E-state index contributed by atoms with van der Waals surface area (Å²) in [4.78, 5) is 44.5. The molecule has 0 saturated carbocycles. The van der Waals surface area contributed by atoms with E-state index in [1.807, 2.05) is 16.6 Å². The van der Waals surface area contributed by atoms with Crippen LogP contribution in [0.25, 0.3) is 5.52 Å². The van der Waals surface area contributed by atoms with Crippen LogP contribution in [-0.2, 0) is 4.79 Å². The Morgan fingerprint density at radius 1 is 0.919 bits per heavy atom. The minimum atomic E-state index is -0.472. The van der Waals surface area contributed by atoms with Gasteiger partial charge in [0.25, 0.3) is 0 Å². The molecule has 0 atom stereocenters. The molecule has 37 heavy (non-hydrogen) atoms. The highest BCUT2D eigenvalue weighted by molar-refractivity contribution is 6.07. The van der Waals surface area contributed by atoms with Gasteiger partial charge in [-0.25, -0.2) is 9.31 Å². The van der Waals surface area contributed by atoms with Crippen LogP contribution in [0, 0.1) is 15.5 Å². The SMILES string of the molecule is O=C1CCN(c2cnn3c(N4CCC5(CCN(c6ccc([N+](=O)[O-])nc6)CC5)CC4)cccc23)C(=O)N1. The fourth-order valence-corrected chi connectivity index (χ4v) is 5.85. The molecule has 0 radical (unpaired) electrons. The highest BCUT2D eigenvalue weighted by Crippen LogP contribution is 2.43. The molecule has 3 aromatic heterocycles. The van der Waals surface area contributed by atoms with Crippen LogP contribution in [-0.4, -0.2) is 64.2 Å². The Labute approximate surface area is 213 Å². The molecule has 0 unspecified atom stereocenters. The van der Waals surface area contributed by atoms with Gasteiger partial charge in [0.15, 0.2) is 6.20 Å². The number of imide groups is 1. The molecule has 6 heterocycles. The molecule has 192 valence electrons. The van der Waals surface area contributed by atoms with Crippen LogP contribution >= 0.6 is 0 Å². The van der Waals surface area contributed by atoms with E-state index in [-0.39, 0.29) is 18.1 Å². The summed E-state index contributed by atoms with van der Waals surface area (Å²) in [6.45, 7) is 4.02. The standard InChI is InChI=1S/C25H28N8O4/c34-22-6-11-31(24(35)28-22)20-17-27-32-19(20)2-1-3-23(32)30-14-9-25(10-15-30)7-12-29(13-8-25)18-4-5-21(26-16-18)33(36)37/h1-5,16-17H,6-15H2,(H,28,34,35). The lowest BCUT2D eigenvalue weighted by molar-refractivity contribution is -0.389. The van der Waals surface area contributed by atoms with Crippen molar-refractivity contribution in [3.63, 3.8) is 0 Å². The van der Waals surface area contributed by atoms with E-state index in [1.54, 1.807) is 23.4 Å². The number of amides is 3. The largest absolute Gasteiger partial charge is 0.368 e. The number of piperidine rings is 2. The van der Waals surface area contributed by atoms with Crippen molar-refractivity contribution in [2.75, 3.05) is 47.4 Å². The lowest BCUT2D eigenvalue weighted by Crippen LogP contribution is -2.49. The average molecular weight is 505 g/mol. The van der Waals surface area contributed by atoms with Crippen LogP contribution in [0.2, 0.25) is 0 Å². The number of anilines is 3. The lowest BCUT2D eigenvalue weighted by atomic mass is 9.71. The van der Waals surface area contributed by atoms with E-state index < -0.39 is 11.0 Å². The predicted octanol–water partition coefficient (Wildman–Crippen LogP) is 2.97. The van der Waals surface area contributed by atoms with Gasteiger partial charge in [0.1, 0.15) is 5.82 Å². The van der Waals surface area contributed by atoms with Crippen LogP contribution in [0.15, 0.2) is 42.7 Å². The Bertz CT molecular complexity index is 1350. The number of rotatable bonds is 4. The zero-order chi connectivity index (χ0) is 25.6. The van der Waals surface area contributed by atoms with E-state index in [2.05, 4.69) is 31.3 Å². The first kappa shape index (κ1) is 23.2. The van der Waals surface area contributed by atoms with E-state index in [0.717, 1.165) is 68.9 Å². The molecule has 0 aromatic carbocycles. The quantitative estimate of drug-likeness (QED) is 0.424. The van der Waals surface area contributed by atoms with Gasteiger partial charge in [0, 0.05) is 45.2 Å². The number of carbonyl (C=O) groups excluding carboxylic acids is 2. The number of hydrogen-bond acceptors (Lipinski definition) is 8. The van der Waals surface area contributed by atoms with Crippen LogP contribution in [0.5, 0.6) is 0 Å². The van der Waals surface area contributed by atoms with E-state index in [1.165, 1.54) is 6.07 Å². The van der Waals surface area contributed by atoms with Crippen molar-refractivity contribution in [3.05, 3.63) is 52.8 Å². The fraction of sp³-hybridized carbons (Fsp3) is 0.440. The molecule has 3 aliphatic heterocycles. The van der Waals surface area contributed by atoms with Crippen molar-refractivity contribution in [2.45, 2.75) is 32.1 Å². The molecule has 0 aliphatic carbocycles. The summed E-state index contributed by atoms with van der Waals surface area (Å²) in [5.41, 5.74) is 2.77. The first-order valence-corrected chi connectivity index (χ1v) is 12.6. The van der Waals surface area contributed by atoms with E-state index in [0.29, 0.717) is 17.6 Å². The predicted molar refractivity (Wildman–Crippen MR) is 137 cm³/mol. The van der Waals surface area contributed by atoms with E-state index in [4.69, 9.17) is 0 Å². The van der Waals surface area contributed by atoms with E-state index in [9.17, 15) is 19.7 Å². The molecular weight excluding hydrogens is 476 g/mol. The normalized spacial score (nSPS) is 19.9. The van der Waals surface area contributed by atoms with E-state index >= 15 is 0 Å². The number of aromatic nitrogens is 3. The first-order chi connectivity index (χ1) is 17.9. The topological polar surface area (TPSA) is 129 Å². The maximum absolute atomic E-state index is 12.4. The summed E-state index contributed by atoms with van der Waals surface area (Å²) in [7, 11) is 0. The van der Waals surface area contributed by atoms with Crippen molar-refractivity contribution in [3.8, 4) is 0 Å². The third-order valence-electron chi connectivity index (χ3n) is 8.10. The lowest BCUT2D eigenvalue weighted by Gasteiger charge is -2.47. The van der Waals surface area contributed by atoms with Gasteiger partial charge in [-0.2, -0.15) is 5.10 Å². The van der Waals surface area contributed by atoms with Gasteiger partial charge in [-0.1, -0.05) is 6.07 Å². The zero-order valence-corrected chi connectivity index (χ0v) is 20.4. The van der Waals surface area contributed by atoms with Crippen LogP contribution in [0.1, 0.15) is 32.1 Å². The van der Waals surface area contributed by atoms with Crippen molar-refractivity contribution >= 4 is 40.5 Å². The second-order valence-electron chi connectivity index (χ2n) is 10.1. The average Bonchev–Trinajstić information content (AvgIpc) is 3.34. The monoisotopic (exact) mass is 504 g/mol. The van der Waals surface area contributed by atoms with Crippen molar-refractivity contribution in [1.29, 1.82) is 0 Å². The number of nitrogens with zero attached hydrogens (tertiary/aromatic N) is 7. The molecular formula is C25H28N8O4. The van der Waals surface area contributed by atoms with Crippen molar-refractivity contribution < 1.29 is 14.5 Å². The van der Waals surface area contributed by atoms with Gasteiger partial charge < -0.3 is 19.9 Å². The molecule has 12 nitrogen and oxygen atoms in total. The van der Waals surface area contributed by atoms with Gasteiger partial charge in [-0.15, -0.1) is 0 Å². The minimum Gasteiger partial charge on any atom is -0.368 e. The van der Waals surface area contributed by atoms with Gasteiger partial charge in [0.05, 0.1) is 23.1 Å². The second kappa shape index (κ2) is 9.02. The van der Waals surface area contributed by atoms with Crippen LogP contribution in [0.3, 0.4) is 0 Å². The number of urea groups is 1. The van der Waals surface area contributed by atoms with Crippen LogP contribution in [0.4, 0.5) is 27.8 Å². The zero-order valence-electron chi connectivity index (χ0n) is 20.4. The molecule has 3 saturated heterocycles. The maximum atomic E-state index is 12.4. The summed E-state index contributed by atoms with van der Waals surface area (Å²) in [5.74, 6) is 0.621. The molecule has 0 bridgehead atoms. The van der Waals surface area contributed by atoms with Crippen molar-refractivity contribution in [1.82, 2.24) is 19.9 Å². The summed E-state index contributed by atoms with van der Waals surface area (Å²) in [5, 5.41) is 17.9. The Balaban J connectivity index is 1.12. The summed E-state index contributed by atoms with van der Waals surface area (Å²) >= 11 is 0. The molecule has 3 aromatic rings. The molecule has 6 rings (SSSR count). The number of pyridine rings is 2.